The second-order valence-electron chi connectivity index (χ2n) is 7.30. The molecule has 2 fully saturated rings. The summed E-state index contributed by atoms with van der Waals surface area (Å²) in [5.74, 6) is 1.27. The molecule has 0 saturated heterocycles. The number of nitro groups is 1. The molecular weight excluding hydrogens is 342 g/mol. The van der Waals surface area contributed by atoms with E-state index in [4.69, 9.17) is 0 Å². The van der Waals surface area contributed by atoms with Crippen LogP contribution in [0.4, 0.5) is 5.69 Å². The van der Waals surface area contributed by atoms with Crippen LogP contribution in [0.5, 0.6) is 0 Å². The van der Waals surface area contributed by atoms with Crippen LogP contribution in [0.2, 0.25) is 0 Å². The Balaban J connectivity index is 1.38. The van der Waals surface area contributed by atoms with Crippen LogP contribution in [0.25, 0.3) is 0 Å². The maximum Gasteiger partial charge on any atom is 0.269 e. The van der Waals surface area contributed by atoms with E-state index in [0.29, 0.717) is 23.3 Å². The molecule has 0 aliphatic heterocycles. The largest absolute Gasteiger partial charge is 0.273 e. The zero-order chi connectivity index (χ0) is 18.8. The molecule has 2 saturated carbocycles. The highest BCUT2D eigenvalue weighted by molar-refractivity contribution is 5.84. The fraction of sp³-hybridized carbons (Fsp3) is 0.333. The Labute approximate surface area is 157 Å². The van der Waals surface area contributed by atoms with Crippen LogP contribution in [-0.2, 0) is 4.79 Å². The summed E-state index contributed by atoms with van der Waals surface area (Å²) in [6.07, 6.45) is 4.87. The monoisotopic (exact) mass is 363 g/mol. The highest BCUT2D eigenvalue weighted by Gasteiger charge is 2.55. The van der Waals surface area contributed by atoms with Gasteiger partial charge in [0.2, 0.25) is 5.91 Å². The lowest BCUT2D eigenvalue weighted by molar-refractivity contribution is -0.384. The molecule has 0 aromatic heterocycles. The number of fused-ring (bicyclic) bond motifs is 2. The Morgan fingerprint density at radius 3 is 2.37 bits per heavy atom. The highest BCUT2D eigenvalue weighted by Crippen LogP contribution is 2.59. The predicted octanol–water partition coefficient (Wildman–Crippen LogP) is 3.87. The van der Waals surface area contributed by atoms with Gasteiger partial charge in [0.1, 0.15) is 0 Å². The lowest BCUT2D eigenvalue weighted by Gasteiger charge is -2.55. The van der Waals surface area contributed by atoms with Crippen molar-refractivity contribution in [2.75, 3.05) is 0 Å². The van der Waals surface area contributed by atoms with Crippen molar-refractivity contribution in [1.29, 1.82) is 0 Å². The van der Waals surface area contributed by atoms with E-state index in [-0.39, 0.29) is 17.5 Å². The second-order valence-corrected chi connectivity index (χ2v) is 7.30. The van der Waals surface area contributed by atoms with Gasteiger partial charge in [-0.3, -0.25) is 14.9 Å². The van der Waals surface area contributed by atoms with Crippen molar-refractivity contribution in [1.82, 2.24) is 5.43 Å². The first kappa shape index (κ1) is 17.4. The van der Waals surface area contributed by atoms with Gasteiger partial charge in [0.25, 0.3) is 5.69 Å². The first-order chi connectivity index (χ1) is 13.1. The third-order valence-corrected chi connectivity index (χ3v) is 5.90. The Kier molecular flexibility index (Phi) is 4.71. The molecule has 4 rings (SSSR count). The van der Waals surface area contributed by atoms with Crippen LogP contribution in [0, 0.1) is 27.9 Å². The van der Waals surface area contributed by atoms with Crippen molar-refractivity contribution < 1.29 is 9.72 Å². The van der Waals surface area contributed by atoms with E-state index >= 15 is 0 Å². The summed E-state index contributed by atoms with van der Waals surface area (Å²) in [5.41, 5.74) is 4.74. The Hall–Kier alpha value is -3.02. The van der Waals surface area contributed by atoms with Crippen molar-refractivity contribution in [3.8, 4) is 0 Å². The van der Waals surface area contributed by atoms with Crippen molar-refractivity contribution in [2.24, 2.45) is 22.9 Å². The maximum absolute atomic E-state index is 12.6. The summed E-state index contributed by atoms with van der Waals surface area (Å²) in [7, 11) is 0. The van der Waals surface area contributed by atoms with Crippen LogP contribution in [-0.4, -0.2) is 17.0 Å². The molecule has 2 aliphatic rings. The van der Waals surface area contributed by atoms with Gasteiger partial charge in [-0.15, -0.1) is 0 Å². The first-order valence-electron chi connectivity index (χ1n) is 9.27. The van der Waals surface area contributed by atoms with Gasteiger partial charge in [0, 0.05) is 18.1 Å². The average Bonchev–Trinajstić information content (AvgIpc) is 2.69. The number of rotatable bonds is 5. The number of carbonyl (C=O) groups excluding carboxylic acids is 1. The Bertz CT molecular complexity index is 852. The molecule has 6 heteroatoms. The van der Waals surface area contributed by atoms with Crippen LogP contribution in [0.3, 0.4) is 0 Å². The van der Waals surface area contributed by atoms with Crippen molar-refractivity contribution in [2.45, 2.75) is 25.2 Å². The van der Waals surface area contributed by atoms with E-state index in [1.807, 2.05) is 6.07 Å². The second kappa shape index (κ2) is 7.31. The molecule has 2 atom stereocenters. The summed E-state index contributed by atoms with van der Waals surface area (Å²) in [6, 6.07) is 16.5. The number of non-ortho nitro benzene ring substituents is 1. The highest BCUT2D eigenvalue weighted by atomic mass is 16.6. The van der Waals surface area contributed by atoms with Gasteiger partial charge < -0.3 is 0 Å². The number of hydrazone groups is 1. The third-order valence-electron chi connectivity index (χ3n) is 5.90. The molecule has 0 unspecified atom stereocenters. The van der Waals surface area contributed by atoms with E-state index in [1.54, 1.807) is 12.1 Å². The van der Waals surface area contributed by atoms with Crippen molar-refractivity contribution in [3.05, 3.63) is 75.8 Å². The van der Waals surface area contributed by atoms with Gasteiger partial charge >= 0.3 is 0 Å². The number of benzene rings is 2. The lowest BCUT2D eigenvalue weighted by Crippen LogP contribution is -2.54. The molecule has 2 aliphatic carbocycles. The third kappa shape index (κ3) is 3.35. The molecule has 1 amide bonds. The molecule has 0 spiro atoms. The molecule has 0 radical (unpaired) electrons. The summed E-state index contributed by atoms with van der Waals surface area (Å²) >= 11 is 0. The first-order valence-corrected chi connectivity index (χ1v) is 9.27. The molecule has 2 aromatic carbocycles. The molecule has 138 valence electrons. The van der Waals surface area contributed by atoms with E-state index in [9.17, 15) is 14.9 Å². The minimum atomic E-state index is -0.443. The quantitative estimate of drug-likeness (QED) is 0.497. The number of hydrogen-bond donors (Lipinski definition) is 1. The van der Waals surface area contributed by atoms with Crippen molar-refractivity contribution in [3.63, 3.8) is 0 Å². The fourth-order valence-electron chi connectivity index (χ4n) is 4.73. The Morgan fingerprint density at radius 2 is 1.74 bits per heavy atom. The average molecular weight is 363 g/mol. The normalized spacial score (nSPS) is 26.4. The molecular formula is C21H21N3O3. The van der Waals surface area contributed by atoms with Crippen LogP contribution < -0.4 is 5.43 Å². The van der Waals surface area contributed by atoms with Crippen molar-refractivity contribution >= 4 is 17.8 Å². The standard InChI is InChI=1S/C21H21N3O3/c25-21(23-22-13-14-9-11-16(12-10-14)24(26)27)20-17-7-4-8-18(20)19(17)15-5-2-1-3-6-15/h1-3,5-6,9-13,17-20H,4,7-8H2,(H,23,25)/b22-13-/t17-,18-,19?,20?/m0/s1. The Morgan fingerprint density at radius 1 is 1.07 bits per heavy atom. The molecule has 2 aromatic rings. The van der Waals surface area contributed by atoms with E-state index in [0.717, 1.165) is 12.8 Å². The lowest BCUT2D eigenvalue weighted by atomic mass is 9.48. The number of nitrogens with zero attached hydrogens (tertiary/aromatic N) is 2. The number of amides is 1. The molecule has 6 nitrogen and oxygen atoms in total. The van der Waals surface area contributed by atoms with Gasteiger partial charge in [-0.2, -0.15) is 5.10 Å². The topological polar surface area (TPSA) is 84.6 Å². The predicted molar refractivity (Wildman–Crippen MR) is 102 cm³/mol. The van der Waals surface area contributed by atoms with E-state index < -0.39 is 4.92 Å². The minimum Gasteiger partial charge on any atom is -0.273 e. The van der Waals surface area contributed by atoms with Crippen LogP contribution in [0.1, 0.15) is 36.3 Å². The van der Waals surface area contributed by atoms with Gasteiger partial charge in [-0.05, 0) is 53.9 Å². The summed E-state index contributed by atoms with van der Waals surface area (Å²) in [6.45, 7) is 0. The van der Waals surface area contributed by atoms with E-state index in [2.05, 4.69) is 34.8 Å². The van der Waals surface area contributed by atoms with Gasteiger partial charge in [0.15, 0.2) is 0 Å². The molecule has 1 N–H and O–H groups in total. The summed E-state index contributed by atoms with van der Waals surface area (Å²) in [5, 5.41) is 14.7. The van der Waals surface area contributed by atoms with Gasteiger partial charge in [-0.25, -0.2) is 5.43 Å². The summed E-state index contributed by atoms with van der Waals surface area (Å²) in [4.78, 5) is 22.9. The maximum atomic E-state index is 12.6. The number of nitrogens with one attached hydrogen (secondary N) is 1. The number of nitro benzene ring substituents is 1. The van der Waals surface area contributed by atoms with Gasteiger partial charge in [0.05, 0.1) is 11.1 Å². The number of carbonyl (C=O) groups is 1. The molecule has 0 heterocycles. The minimum absolute atomic E-state index is 0.0185. The smallest absolute Gasteiger partial charge is 0.269 e. The van der Waals surface area contributed by atoms with Gasteiger partial charge in [-0.1, -0.05) is 36.8 Å². The molecule has 27 heavy (non-hydrogen) atoms. The zero-order valence-corrected chi connectivity index (χ0v) is 14.8. The zero-order valence-electron chi connectivity index (χ0n) is 14.8. The van der Waals surface area contributed by atoms with Crippen LogP contribution >= 0.6 is 0 Å². The molecule has 2 bridgehead atoms. The van der Waals surface area contributed by atoms with E-state index in [1.165, 1.54) is 30.3 Å². The van der Waals surface area contributed by atoms with Crippen LogP contribution in [0.15, 0.2) is 59.7 Å². The summed E-state index contributed by atoms with van der Waals surface area (Å²) < 4.78 is 0. The SMILES string of the molecule is O=C(N/N=C\c1ccc([N+](=O)[O-])cc1)C1[C@H]2CCC[C@H]1C2c1ccccc1. The number of hydrogen-bond acceptors (Lipinski definition) is 4. The fourth-order valence-corrected chi connectivity index (χ4v) is 4.73.